The standard InChI is InChI=1S/C18H16N2O2/c1-2-7-16-19(21)17-14-10-5-3-8-12(14)13-9-4-6-11-15(13)18(17)20(16)22/h3-6,8-11,21H,2,7H2,1H3. The van der Waals surface area contributed by atoms with Gasteiger partial charge in [0.05, 0.1) is 6.42 Å². The molecular formula is C18H16N2O2. The second-order valence-electron chi connectivity index (χ2n) is 5.56. The molecule has 0 fully saturated rings. The van der Waals surface area contributed by atoms with Gasteiger partial charge in [-0.15, -0.1) is 0 Å². The van der Waals surface area contributed by atoms with E-state index in [4.69, 9.17) is 0 Å². The molecule has 1 N–H and O–H groups in total. The molecule has 0 aliphatic rings. The summed E-state index contributed by atoms with van der Waals surface area (Å²) < 4.78 is 1.95. The maximum absolute atomic E-state index is 12.7. The van der Waals surface area contributed by atoms with E-state index in [-0.39, 0.29) is 0 Å². The minimum atomic E-state index is 0.388. The van der Waals surface area contributed by atoms with Gasteiger partial charge >= 0.3 is 5.82 Å². The zero-order valence-electron chi connectivity index (χ0n) is 12.3. The summed E-state index contributed by atoms with van der Waals surface area (Å²) in [4.78, 5) is 0. The molecule has 0 aliphatic heterocycles. The summed E-state index contributed by atoms with van der Waals surface area (Å²) in [5.74, 6) is 0.388. The molecule has 0 spiro atoms. The fraction of sp³-hybridized carbons (Fsp3) is 0.167. The van der Waals surface area contributed by atoms with E-state index in [1.807, 2.05) is 55.5 Å². The number of nitrogens with zero attached hydrogens (tertiary/aromatic N) is 2. The van der Waals surface area contributed by atoms with Gasteiger partial charge in [-0.3, -0.25) is 0 Å². The molecule has 0 atom stereocenters. The van der Waals surface area contributed by atoms with E-state index in [2.05, 4.69) is 0 Å². The molecule has 0 bridgehead atoms. The van der Waals surface area contributed by atoms with Crippen molar-refractivity contribution >= 4 is 32.6 Å². The van der Waals surface area contributed by atoms with Gasteiger partial charge in [0.15, 0.2) is 5.52 Å². The van der Waals surface area contributed by atoms with Crippen LogP contribution in [0.15, 0.2) is 48.5 Å². The number of hydrogen-bond donors (Lipinski definition) is 1. The Balaban J connectivity index is 2.36. The first-order chi connectivity index (χ1) is 10.7. The molecule has 0 saturated heterocycles. The van der Waals surface area contributed by atoms with Crippen LogP contribution in [0, 0.1) is 5.21 Å². The third-order valence-electron chi connectivity index (χ3n) is 4.25. The van der Waals surface area contributed by atoms with Crippen LogP contribution < -0.4 is 4.73 Å². The molecule has 22 heavy (non-hydrogen) atoms. The Morgan fingerprint density at radius 2 is 1.50 bits per heavy atom. The van der Waals surface area contributed by atoms with Crippen molar-refractivity contribution in [3.8, 4) is 0 Å². The van der Waals surface area contributed by atoms with Crippen LogP contribution >= 0.6 is 0 Å². The first-order valence-electron chi connectivity index (χ1n) is 7.49. The number of aromatic nitrogens is 2. The average molecular weight is 292 g/mol. The molecule has 4 nitrogen and oxygen atoms in total. The Kier molecular flexibility index (Phi) is 2.73. The summed E-state index contributed by atoms with van der Waals surface area (Å²) in [5, 5.41) is 27.1. The fourth-order valence-electron chi connectivity index (χ4n) is 3.30. The number of imidazole rings is 1. The summed E-state index contributed by atoms with van der Waals surface area (Å²) in [6, 6.07) is 15.7. The van der Waals surface area contributed by atoms with Gasteiger partial charge in [-0.05, 0) is 34.1 Å². The Morgan fingerprint density at radius 3 is 2.14 bits per heavy atom. The van der Waals surface area contributed by atoms with Crippen molar-refractivity contribution in [3.63, 3.8) is 0 Å². The van der Waals surface area contributed by atoms with Gasteiger partial charge in [0, 0.05) is 10.8 Å². The molecule has 110 valence electrons. The Morgan fingerprint density at radius 1 is 0.955 bits per heavy atom. The summed E-state index contributed by atoms with van der Waals surface area (Å²) >= 11 is 0. The van der Waals surface area contributed by atoms with Crippen LogP contribution in [0.3, 0.4) is 0 Å². The van der Waals surface area contributed by atoms with Crippen LogP contribution in [0.1, 0.15) is 19.2 Å². The van der Waals surface area contributed by atoms with Gasteiger partial charge in [0.25, 0.3) is 0 Å². The topological polar surface area (TPSA) is 52.1 Å². The average Bonchev–Trinajstić information content (AvgIpc) is 2.81. The largest absolute Gasteiger partial charge is 0.710 e. The molecule has 0 radical (unpaired) electrons. The zero-order valence-corrected chi connectivity index (χ0v) is 12.3. The molecular weight excluding hydrogens is 276 g/mol. The zero-order chi connectivity index (χ0) is 15.3. The van der Waals surface area contributed by atoms with Crippen LogP contribution in [0.5, 0.6) is 0 Å². The van der Waals surface area contributed by atoms with Crippen LogP contribution in [-0.4, -0.2) is 9.94 Å². The van der Waals surface area contributed by atoms with E-state index < -0.39 is 0 Å². The highest BCUT2D eigenvalue weighted by Crippen LogP contribution is 2.33. The molecule has 4 heteroatoms. The van der Waals surface area contributed by atoms with E-state index in [9.17, 15) is 10.4 Å². The lowest BCUT2D eigenvalue weighted by Gasteiger charge is -2.06. The third-order valence-corrected chi connectivity index (χ3v) is 4.25. The minimum Gasteiger partial charge on any atom is -0.710 e. The molecule has 0 unspecified atom stereocenters. The molecule has 0 amide bonds. The monoisotopic (exact) mass is 292 g/mol. The predicted molar refractivity (Wildman–Crippen MR) is 87.1 cm³/mol. The highest BCUT2D eigenvalue weighted by Gasteiger charge is 2.25. The summed E-state index contributed by atoms with van der Waals surface area (Å²) in [6.45, 7) is 1.99. The molecule has 3 aromatic carbocycles. The summed E-state index contributed by atoms with van der Waals surface area (Å²) in [6.07, 6.45) is 1.34. The number of rotatable bonds is 2. The first kappa shape index (κ1) is 13.0. The van der Waals surface area contributed by atoms with Crippen LogP contribution in [-0.2, 0) is 6.42 Å². The van der Waals surface area contributed by atoms with Crippen LogP contribution in [0.4, 0.5) is 0 Å². The van der Waals surface area contributed by atoms with E-state index in [1.165, 1.54) is 0 Å². The van der Waals surface area contributed by atoms with Gasteiger partial charge in [0.1, 0.15) is 0 Å². The lowest BCUT2D eigenvalue weighted by molar-refractivity contribution is -0.588. The number of hydrogen-bond acceptors (Lipinski definition) is 2. The van der Waals surface area contributed by atoms with Crippen LogP contribution in [0.25, 0.3) is 32.6 Å². The van der Waals surface area contributed by atoms with Crippen LogP contribution in [0.2, 0.25) is 0 Å². The molecule has 0 saturated carbocycles. The van der Waals surface area contributed by atoms with Gasteiger partial charge in [-0.2, -0.15) is 0 Å². The maximum atomic E-state index is 12.7. The van der Waals surface area contributed by atoms with Crippen molar-refractivity contribution in [1.29, 1.82) is 0 Å². The summed E-state index contributed by atoms with van der Waals surface area (Å²) in [5.41, 5.74) is 1.13. The highest BCUT2D eigenvalue weighted by molar-refractivity contribution is 6.22. The lowest BCUT2D eigenvalue weighted by Crippen LogP contribution is -2.31. The van der Waals surface area contributed by atoms with Gasteiger partial charge in [-0.25, -0.2) is 4.73 Å². The second-order valence-corrected chi connectivity index (χ2v) is 5.56. The van der Waals surface area contributed by atoms with Gasteiger partial charge < -0.3 is 10.4 Å². The van der Waals surface area contributed by atoms with E-state index in [0.29, 0.717) is 23.3 Å². The predicted octanol–water partition coefficient (Wildman–Crippen LogP) is 3.77. The third kappa shape index (κ3) is 1.55. The van der Waals surface area contributed by atoms with Crippen molar-refractivity contribution in [2.75, 3.05) is 0 Å². The van der Waals surface area contributed by atoms with Crippen molar-refractivity contribution in [2.45, 2.75) is 19.8 Å². The van der Waals surface area contributed by atoms with E-state index in [0.717, 1.165) is 37.4 Å². The molecule has 4 rings (SSSR count). The quantitative estimate of drug-likeness (QED) is 0.265. The Labute approximate surface area is 127 Å². The highest BCUT2D eigenvalue weighted by atomic mass is 16.5. The molecule has 4 aromatic rings. The Hall–Kier alpha value is -2.75. The SMILES string of the molecule is CCCc1n(O)c2c3ccccc3c3ccccc3c2[n+]1[O-]. The van der Waals surface area contributed by atoms with Crippen molar-refractivity contribution in [2.24, 2.45) is 0 Å². The minimum absolute atomic E-state index is 0.388. The summed E-state index contributed by atoms with van der Waals surface area (Å²) in [7, 11) is 0. The number of benzene rings is 3. The fourth-order valence-corrected chi connectivity index (χ4v) is 3.30. The smallest absolute Gasteiger partial charge is 0.300 e. The first-order valence-corrected chi connectivity index (χ1v) is 7.49. The van der Waals surface area contributed by atoms with Gasteiger partial charge in [-0.1, -0.05) is 43.3 Å². The normalized spacial score (nSPS) is 11.7. The van der Waals surface area contributed by atoms with Crippen molar-refractivity contribution in [1.82, 2.24) is 4.73 Å². The molecule has 0 aliphatic carbocycles. The molecule has 1 heterocycles. The number of fused-ring (bicyclic) bond motifs is 6. The van der Waals surface area contributed by atoms with Crippen molar-refractivity contribution < 1.29 is 9.94 Å². The van der Waals surface area contributed by atoms with Gasteiger partial charge in [0.2, 0.25) is 5.52 Å². The second kappa shape index (κ2) is 4.63. The molecule has 1 aromatic heterocycles. The Bertz CT molecular complexity index is 939. The maximum Gasteiger partial charge on any atom is 0.300 e. The van der Waals surface area contributed by atoms with E-state index >= 15 is 0 Å². The van der Waals surface area contributed by atoms with Crippen molar-refractivity contribution in [3.05, 3.63) is 59.6 Å². The van der Waals surface area contributed by atoms with E-state index in [1.54, 1.807) is 0 Å². The lowest BCUT2D eigenvalue weighted by atomic mass is 10.00.